The van der Waals surface area contributed by atoms with Gasteiger partial charge in [0.1, 0.15) is 11.4 Å². The second kappa shape index (κ2) is 10.8. The van der Waals surface area contributed by atoms with E-state index < -0.39 is 0 Å². The Morgan fingerprint density at radius 2 is 1.65 bits per heavy atom. The monoisotopic (exact) mass is 497 g/mol. The first kappa shape index (κ1) is 24.4. The highest BCUT2D eigenvalue weighted by molar-refractivity contribution is 6.00. The van der Waals surface area contributed by atoms with Crippen LogP contribution in [-0.2, 0) is 6.42 Å². The molecule has 1 aliphatic heterocycles. The molecule has 5 rings (SSSR count). The number of carbonyl (C=O) groups excluding carboxylic acids is 1. The zero-order valence-corrected chi connectivity index (χ0v) is 21.4. The van der Waals surface area contributed by atoms with Crippen molar-refractivity contribution in [3.8, 4) is 28.5 Å². The van der Waals surface area contributed by atoms with Crippen molar-refractivity contribution in [3.63, 3.8) is 0 Å². The SMILES string of the molecule is CCOc1ccc(C2c3c(-c4ccc(OC)cc4)n[nH]c3C(=O)N2CCc2ccccc2)cc1OCC. The Morgan fingerprint density at radius 1 is 0.919 bits per heavy atom. The van der Waals surface area contributed by atoms with Crippen molar-refractivity contribution in [1.29, 1.82) is 0 Å². The van der Waals surface area contributed by atoms with Crippen LogP contribution >= 0.6 is 0 Å². The molecule has 1 amide bonds. The topological polar surface area (TPSA) is 76.7 Å². The number of aromatic nitrogens is 2. The first-order chi connectivity index (χ1) is 18.1. The molecule has 1 aliphatic rings. The number of benzene rings is 3. The van der Waals surface area contributed by atoms with Gasteiger partial charge in [0.25, 0.3) is 5.91 Å². The summed E-state index contributed by atoms with van der Waals surface area (Å²) in [5.74, 6) is 2.06. The third-order valence-corrected chi connectivity index (χ3v) is 6.59. The van der Waals surface area contributed by atoms with Crippen LogP contribution in [0.3, 0.4) is 0 Å². The van der Waals surface area contributed by atoms with Crippen LogP contribution in [0.1, 0.15) is 47.1 Å². The Balaban J connectivity index is 1.59. The van der Waals surface area contributed by atoms with Crippen molar-refractivity contribution < 1.29 is 19.0 Å². The third kappa shape index (κ3) is 4.77. The summed E-state index contributed by atoms with van der Waals surface area (Å²) in [6.07, 6.45) is 0.744. The zero-order chi connectivity index (χ0) is 25.8. The standard InChI is InChI=1S/C30H31N3O4/c1-4-36-24-16-13-22(19-25(24)37-5-2)29-26-27(21-11-14-23(35-3)15-12-21)31-32-28(26)30(34)33(29)18-17-20-9-7-6-8-10-20/h6-16,19,29H,4-5,17-18H2,1-3H3,(H,31,32). The number of H-pyrrole nitrogens is 1. The van der Waals surface area contributed by atoms with Crippen LogP contribution in [0.25, 0.3) is 11.3 Å². The van der Waals surface area contributed by atoms with Crippen LogP contribution < -0.4 is 14.2 Å². The van der Waals surface area contributed by atoms with Gasteiger partial charge < -0.3 is 19.1 Å². The average molecular weight is 498 g/mol. The van der Waals surface area contributed by atoms with E-state index >= 15 is 0 Å². The highest BCUT2D eigenvalue weighted by Crippen LogP contribution is 2.44. The van der Waals surface area contributed by atoms with Crippen molar-refractivity contribution >= 4 is 5.91 Å². The first-order valence-electron chi connectivity index (χ1n) is 12.6. The van der Waals surface area contributed by atoms with Crippen molar-refractivity contribution in [2.24, 2.45) is 0 Å². The minimum Gasteiger partial charge on any atom is -0.497 e. The largest absolute Gasteiger partial charge is 0.497 e. The van der Waals surface area contributed by atoms with Crippen LogP contribution in [0, 0.1) is 0 Å². The number of nitrogens with zero attached hydrogens (tertiary/aromatic N) is 2. The van der Waals surface area contributed by atoms with E-state index in [2.05, 4.69) is 22.3 Å². The van der Waals surface area contributed by atoms with E-state index in [1.54, 1.807) is 7.11 Å². The maximum atomic E-state index is 13.7. The van der Waals surface area contributed by atoms with Gasteiger partial charge in [-0.3, -0.25) is 9.89 Å². The van der Waals surface area contributed by atoms with Gasteiger partial charge in [-0.2, -0.15) is 5.10 Å². The molecule has 0 bridgehead atoms. The number of aromatic amines is 1. The molecular weight excluding hydrogens is 466 g/mol. The van der Waals surface area contributed by atoms with Gasteiger partial charge in [0, 0.05) is 17.7 Å². The van der Waals surface area contributed by atoms with Gasteiger partial charge in [0.15, 0.2) is 11.5 Å². The van der Waals surface area contributed by atoms with Crippen LogP contribution in [0.4, 0.5) is 0 Å². The van der Waals surface area contributed by atoms with E-state index in [1.165, 1.54) is 5.56 Å². The maximum Gasteiger partial charge on any atom is 0.273 e. The predicted octanol–water partition coefficient (Wildman–Crippen LogP) is 5.67. The van der Waals surface area contributed by atoms with Gasteiger partial charge in [-0.05, 0) is 67.8 Å². The van der Waals surface area contributed by atoms with Crippen molar-refractivity contribution in [2.45, 2.75) is 26.3 Å². The number of fused-ring (bicyclic) bond motifs is 1. The number of amides is 1. The summed E-state index contributed by atoms with van der Waals surface area (Å²) in [5, 5.41) is 7.61. The summed E-state index contributed by atoms with van der Waals surface area (Å²) in [5.41, 5.74) is 5.19. The highest BCUT2D eigenvalue weighted by atomic mass is 16.5. The summed E-state index contributed by atoms with van der Waals surface area (Å²) in [4.78, 5) is 15.6. The number of rotatable bonds is 10. The molecule has 3 aromatic carbocycles. The molecule has 0 saturated heterocycles. The number of hydrogen-bond donors (Lipinski definition) is 1. The number of carbonyl (C=O) groups is 1. The van der Waals surface area contributed by atoms with Gasteiger partial charge >= 0.3 is 0 Å². The number of nitrogens with one attached hydrogen (secondary N) is 1. The van der Waals surface area contributed by atoms with E-state index in [0.29, 0.717) is 37.0 Å². The van der Waals surface area contributed by atoms with E-state index in [4.69, 9.17) is 14.2 Å². The minimum atomic E-state index is -0.322. The molecule has 7 nitrogen and oxygen atoms in total. The molecule has 7 heteroatoms. The molecule has 1 atom stereocenters. The smallest absolute Gasteiger partial charge is 0.273 e. The molecule has 0 spiro atoms. The molecule has 0 aliphatic carbocycles. The summed E-state index contributed by atoms with van der Waals surface area (Å²) < 4.78 is 17.0. The highest BCUT2D eigenvalue weighted by Gasteiger charge is 2.42. The summed E-state index contributed by atoms with van der Waals surface area (Å²) >= 11 is 0. The Morgan fingerprint density at radius 3 is 2.35 bits per heavy atom. The molecule has 0 saturated carbocycles. The Labute approximate surface area is 217 Å². The fourth-order valence-corrected chi connectivity index (χ4v) is 4.87. The molecule has 1 unspecified atom stereocenters. The number of hydrogen-bond acceptors (Lipinski definition) is 5. The average Bonchev–Trinajstić information content (AvgIpc) is 3.48. The van der Waals surface area contributed by atoms with Gasteiger partial charge in [0.05, 0.1) is 32.1 Å². The molecule has 1 N–H and O–H groups in total. The Hall–Kier alpha value is -4.26. The zero-order valence-electron chi connectivity index (χ0n) is 21.4. The second-order valence-corrected chi connectivity index (χ2v) is 8.80. The number of methoxy groups -OCH3 is 1. The molecule has 0 radical (unpaired) electrons. The van der Waals surface area contributed by atoms with E-state index in [-0.39, 0.29) is 11.9 Å². The first-order valence-corrected chi connectivity index (χ1v) is 12.6. The van der Waals surface area contributed by atoms with Crippen LogP contribution in [0.15, 0.2) is 72.8 Å². The predicted molar refractivity (Wildman–Crippen MR) is 142 cm³/mol. The minimum absolute atomic E-state index is 0.0602. The number of ether oxygens (including phenoxy) is 3. The van der Waals surface area contributed by atoms with Gasteiger partial charge in [0.2, 0.25) is 0 Å². The van der Waals surface area contributed by atoms with Gasteiger partial charge in [-0.25, -0.2) is 0 Å². The second-order valence-electron chi connectivity index (χ2n) is 8.80. The summed E-state index contributed by atoms with van der Waals surface area (Å²) in [6, 6.07) is 23.6. The normalized spacial score (nSPS) is 14.5. The Kier molecular flexibility index (Phi) is 7.12. The van der Waals surface area contributed by atoms with Gasteiger partial charge in [-0.15, -0.1) is 0 Å². The molecule has 2 heterocycles. The lowest BCUT2D eigenvalue weighted by Gasteiger charge is -2.27. The van der Waals surface area contributed by atoms with Crippen molar-refractivity contribution in [2.75, 3.05) is 26.9 Å². The van der Waals surface area contributed by atoms with Crippen LogP contribution in [0.2, 0.25) is 0 Å². The lowest BCUT2D eigenvalue weighted by molar-refractivity contribution is 0.0745. The lowest BCUT2D eigenvalue weighted by atomic mass is 9.95. The van der Waals surface area contributed by atoms with Gasteiger partial charge in [-0.1, -0.05) is 36.4 Å². The Bertz CT molecular complexity index is 1370. The van der Waals surface area contributed by atoms with Crippen LogP contribution in [-0.4, -0.2) is 47.9 Å². The van der Waals surface area contributed by atoms with E-state index in [1.807, 2.05) is 79.4 Å². The molecule has 190 valence electrons. The molecule has 4 aromatic rings. The molecule has 0 fully saturated rings. The molecular formula is C30H31N3O4. The maximum absolute atomic E-state index is 13.7. The quantitative estimate of drug-likeness (QED) is 0.305. The van der Waals surface area contributed by atoms with Crippen LogP contribution in [0.5, 0.6) is 17.2 Å². The summed E-state index contributed by atoms with van der Waals surface area (Å²) in [7, 11) is 1.64. The van der Waals surface area contributed by atoms with Crippen molar-refractivity contribution in [1.82, 2.24) is 15.1 Å². The fourth-order valence-electron chi connectivity index (χ4n) is 4.87. The third-order valence-electron chi connectivity index (χ3n) is 6.59. The fraction of sp³-hybridized carbons (Fsp3) is 0.267. The lowest BCUT2D eigenvalue weighted by Crippen LogP contribution is -2.31. The molecule has 1 aromatic heterocycles. The van der Waals surface area contributed by atoms with E-state index in [0.717, 1.165) is 34.6 Å². The van der Waals surface area contributed by atoms with Crippen molar-refractivity contribution in [3.05, 3.63) is 95.2 Å². The van der Waals surface area contributed by atoms with E-state index in [9.17, 15) is 4.79 Å². The molecule has 37 heavy (non-hydrogen) atoms. The summed E-state index contributed by atoms with van der Waals surface area (Å²) in [6.45, 7) is 5.51.